The Morgan fingerprint density at radius 2 is 0.770 bits per heavy atom. The van der Waals surface area contributed by atoms with Crippen molar-refractivity contribution in [3.05, 3.63) is 85.1 Å². The topological polar surface area (TPSA) is 108 Å². The minimum absolute atomic E-state index is 0.183. The van der Waals surface area contributed by atoms with Crippen LogP contribution in [0.15, 0.2) is 85.1 Å². The molecule has 426 valence electrons. The zero-order chi connectivity index (χ0) is 54.1. The number of carbonyl (C=O) groups is 3. The van der Waals surface area contributed by atoms with Crippen molar-refractivity contribution in [3.8, 4) is 0 Å². The van der Waals surface area contributed by atoms with Crippen molar-refractivity contribution in [2.75, 3.05) is 47.5 Å². The number of hydrogen-bond acceptors (Lipinski definition) is 7. The molecule has 0 saturated carbocycles. The summed E-state index contributed by atoms with van der Waals surface area (Å²) in [5.74, 6) is -2.02. The predicted octanol–water partition coefficient (Wildman–Crippen LogP) is 18.0. The van der Waals surface area contributed by atoms with Gasteiger partial charge >= 0.3 is 17.9 Å². The van der Waals surface area contributed by atoms with E-state index < -0.39 is 24.3 Å². The first-order valence-corrected chi connectivity index (χ1v) is 30.3. The summed E-state index contributed by atoms with van der Waals surface area (Å²) in [5.41, 5.74) is 0. The summed E-state index contributed by atoms with van der Waals surface area (Å²) >= 11 is 0. The maximum Gasteiger partial charge on any atom is 0.361 e. The van der Waals surface area contributed by atoms with E-state index in [0.29, 0.717) is 11.0 Å². The zero-order valence-electron chi connectivity index (χ0n) is 48.5. The highest BCUT2D eigenvalue weighted by Gasteiger charge is 2.25. The van der Waals surface area contributed by atoms with E-state index >= 15 is 0 Å². The number of rotatable bonds is 55. The summed E-state index contributed by atoms with van der Waals surface area (Å²) in [6, 6.07) is 0. The minimum Gasteiger partial charge on any atom is -0.477 e. The Hall–Kier alpha value is -3.53. The Morgan fingerprint density at radius 1 is 0.419 bits per heavy atom. The summed E-state index contributed by atoms with van der Waals surface area (Å²) < 4.78 is 22.9. The van der Waals surface area contributed by atoms with E-state index in [0.717, 1.165) is 96.3 Å². The van der Waals surface area contributed by atoms with Crippen molar-refractivity contribution in [1.82, 2.24) is 0 Å². The quantitative estimate of drug-likeness (QED) is 0.0211. The standard InChI is InChI=1S/C65H113NO8/c1-6-8-10-12-14-16-18-20-22-24-25-26-27-28-29-30-31-32-33-34-35-36-37-38-39-40-42-44-46-48-50-52-54-56-63(68)74-61(60-73-65(64(69)70)71-58-57-66(3,4)5)59-72-62(67)55-53-51-49-47-45-43-41-23-21-19-17-15-13-11-9-7-2/h8,10,14,16-17,19-20,22-23,25-26,28-29,41,61,65H,6-7,9,11-13,15,18,21,24,27,30-40,42-60H2,1-5H3/p+1/b10-8-,16-14-,19-17-,22-20-,26-25-,29-28-,41-23-. The number of ether oxygens (including phenoxy) is 4. The van der Waals surface area contributed by atoms with Gasteiger partial charge in [-0.3, -0.25) is 9.59 Å². The Labute approximate surface area is 455 Å². The number of quaternary nitrogens is 1. The van der Waals surface area contributed by atoms with E-state index in [-0.39, 0.29) is 38.6 Å². The Morgan fingerprint density at radius 3 is 1.15 bits per heavy atom. The molecule has 0 spiro atoms. The number of carboxylic acid groups (broad SMARTS) is 1. The third-order valence-electron chi connectivity index (χ3n) is 12.9. The van der Waals surface area contributed by atoms with Crippen molar-refractivity contribution in [2.45, 2.75) is 264 Å². The molecule has 0 aliphatic carbocycles. The second-order valence-corrected chi connectivity index (χ2v) is 21.3. The van der Waals surface area contributed by atoms with Gasteiger partial charge in [0.1, 0.15) is 13.2 Å². The molecule has 0 radical (unpaired) electrons. The van der Waals surface area contributed by atoms with E-state index in [9.17, 15) is 19.5 Å². The molecule has 0 aromatic heterocycles. The van der Waals surface area contributed by atoms with Crippen molar-refractivity contribution < 1.29 is 42.9 Å². The minimum atomic E-state index is -1.52. The number of hydrogen-bond donors (Lipinski definition) is 1. The van der Waals surface area contributed by atoms with Crippen LogP contribution in [-0.2, 0) is 33.3 Å². The molecule has 2 atom stereocenters. The molecule has 0 rings (SSSR count). The molecule has 0 aromatic carbocycles. The number of esters is 2. The van der Waals surface area contributed by atoms with Crippen LogP contribution in [0.1, 0.15) is 251 Å². The monoisotopic (exact) mass is 1040 g/mol. The highest BCUT2D eigenvalue weighted by atomic mass is 16.7. The SMILES string of the molecule is CC/C=C\C/C=C\C/C=C\C/C=C\C/C=C\CCCCCCCCCCCCCCCCCCCC(=O)OC(COC(=O)CCCCCCC/C=C\C/C=C\CCCCCC)COC(OCC[N+](C)(C)C)C(=O)O. The van der Waals surface area contributed by atoms with Gasteiger partial charge in [-0.2, -0.15) is 0 Å². The molecule has 0 heterocycles. The number of carbonyl (C=O) groups excluding carboxylic acids is 2. The van der Waals surface area contributed by atoms with Gasteiger partial charge in [-0.15, -0.1) is 0 Å². The Kier molecular flexibility index (Phi) is 53.0. The van der Waals surface area contributed by atoms with Gasteiger partial charge in [0, 0.05) is 12.8 Å². The molecular formula is C65H114NO8+. The van der Waals surface area contributed by atoms with E-state index in [4.69, 9.17) is 18.9 Å². The van der Waals surface area contributed by atoms with Crippen LogP contribution in [0.25, 0.3) is 0 Å². The normalized spacial score (nSPS) is 13.4. The molecule has 9 heteroatoms. The molecule has 0 aliphatic rings. The van der Waals surface area contributed by atoms with Crippen LogP contribution in [0.5, 0.6) is 0 Å². The second-order valence-electron chi connectivity index (χ2n) is 21.3. The van der Waals surface area contributed by atoms with E-state index in [1.54, 1.807) is 0 Å². The number of nitrogens with zero attached hydrogens (tertiary/aromatic N) is 1. The van der Waals surface area contributed by atoms with Gasteiger partial charge in [0.2, 0.25) is 0 Å². The molecular weight excluding hydrogens is 923 g/mol. The van der Waals surface area contributed by atoms with Crippen LogP contribution in [0.3, 0.4) is 0 Å². The van der Waals surface area contributed by atoms with Gasteiger partial charge in [-0.05, 0) is 89.9 Å². The Bertz CT molecular complexity index is 1490. The first-order valence-electron chi connectivity index (χ1n) is 30.3. The summed E-state index contributed by atoms with van der Waals surface area (Å²) in [4.78, 5) is 37.4. The van der Waals surface area contributed by atoms with Gasteiger partial charge in [-0.25, -0.2) is 4.79 Å². The van der Waals surface area contributed by atoms with Crippen LogP contribution < -0.4 is 0 Å². The summed E-state index contributed by atoms with van der Waals surface area (Å²) in [6.45, 7) is 4.74. The van der Waals surface area contributed by atoms with Crippen molar-refractivity contribution >= 4 is 17.9 Å². The zero-order valence-corrected chi connectivity index (χ0v) is 48.5. The molecule has 0 saturated heterocycles. The molecule has 9 nitrogen and oxygen atoms in total. The molecule has 74 heavy (non-hydrogen) atoms. The molecule has 1 N–H and O–H groups in total. The number of carboxylic acids is 1. The lowest BCUT2D eigenvalue weighted by molar-refractivity contribution is -0.870. The number of aliphatic carboxylic acids is 1. The van der Waals surface area contributed by atoms with Crippen molar-refractivity contribution in [2.24, 2.45) is 0 Å². The third-order valence-corrected chi connectivity index (χ3v) is 12.9. The number of allylic oxidation sites excluding steroid dienone is 14. The number of unbranched alkanes of at least 4 members (excludes halogenated alkanes) is 26. The molecule has 0 fully saturated rings. The molecule has 2 unspecified atom stereocenters. The highest BCUT2D eigenvalue weighted by Crippen LogP contribution is 2.16. The maximum absolute atomic E-state index is 12.9. The fourth-order valence-corrected chi connectivity index (χ4v) is 8.25. The van der Waals surface area contributed by atoms with Crippen LogP contribution in [0.2, 0.25) is 0 Å². The van der Waals surface area contributed by atoms with Crippen LogP contribution in [-0.4, -0.2) is 87.4 Å². The highest BCUT2D eigenvalue weighted by molar-refractivity contribution is 5.71. The lowest BCUT2D eigenvalue weighted by Crippen LogP contribution is -2.40. The summed E-state index contributed by atoms with van der Waals surface area (Å²) in [7, 11) is 5.96. The average Bonchev–Trinajstić information content (AvgIpc) is 3.37. The maximum atomic E-state index is 12.9. The van der Waals surface area contributed by atoms with Gasteiger partial charge in [0.15, 0.2) is 6.10 Å². The molecule has 0 aliphatic heterocycles. The van der Waals surface area contributed by atoms with Gasteiger partial charge in [-0.1, -0.05) is 234 Å². The van der Waals surface area contributed by atoms with Crippen LogP contribution in [0.4, 0.5) is 0 Å². The smallest absolute Gasteiger partial charge is 0.361 e. The van der Waals surface area contributed by atoms with E-state index in [1.807, 2.05) is 21.1 Å². The second kappa shape index (κ2) is 55.7. The largest absolute Gasteiger partial charge is 0.477 e. The average molecular weight is 1040 g/mol. The molecule has 0 aromatic rings. The molecule has 0 amide bonds. The van der Waals surface area contributed by atoms with Crippen molar-refractivity contribution in [1.29, 1.82) is 0 Å². The van der Waals surface area contributed by atoms with Crippen LogP contribution in [0, 0.1) is 0 Å². The first kappa shape index (κ1) is 70.5. The van der Waals surface area contributed by atoms with E-state index in [2.05, 4.69) is 98.9 Å². The van der Waals surface area contributed by atoms with E-state index in [1.165, 1.54) is 128 Å². The van der Waals surface area contributed by atoms with Gasteiger partial charge < -0.3 is 28.5 Å². The first-order chi connectivity index (χ1) is 36.1. The lowest BCUT2D eigenvalue weighted by atomic mass is 10.0. The lowest BCUT2D eigenvalue weighted by Gasteiger charge is -2.25. The van der Waals surface area contributed by atoms with Crippen molar-refractivity contribution in [3.63, 3.8) is 0 Å². The Balaban J connectivity index is 4.13. The summed E-state index contributed by atoms with van der Waals surface area (Å²) in [6.07, 6.45) is 71.0. The number of likely N-dealkylation sites (N-methyl/N-ethyl adjacent to an activating group) is 1. The predicted molar refractivity (Wildman–Crippen MR) is 313 cm³/mol. The third kappa shape index (κ3) is 56.2. The van der Waals surface area contributed by atoms with Gasteiger partial charge in [0.25, 0.3) is 6.29 Å². The fraction of sp³-hybridized carbons (Fsp3) is 0.738. The van der Waals surface area contributed by atoms with Gasteiger partial charge in [0.05, 0.1) is 34.4 Å². The molecule has 0 bridgehead atoms. The fourth-order valence-electron chi connectivity index (χ4n) is 8.25. The van der Waals surface area contributed by atoms with Crippen LogP contribution >= 0.6 is 0 Å². The summed E-state index contributed by atoms with van der Waals surface area (Å²) in [5, 5.41) is 9.70.